The van der Waals surface area contributed by atoms with Crippen molar-refractivity contribution >= 4 is 11.6 Å². The number of nitrogens with one attached hydrogen (secondary N) is 4. The monoisotopic (exact) mass is 240 g/mol. The van der Waals surface area contributed by atoms with Gasteiger partial charge in [0.15, 0.2) is 0 Å². The number of hydrogen-bond donors (Lipinski definition) is 4. The Morgan fingerprint density at radius 2 is 1.94 bits per heavy atom. The Hall–Kier alpha value is -1.20. The summed E-state index contributed by atoms with van der Waals surface area (Å²) < 4.78 is 0. The summed E-state index contributed by atoms with van der Waals surface area (Å²) in [7, 11) is 3.63. The van der Waals surface area contributed by atoms with E-state index in [1.165, 1.54) is 6.92 Å². The van der Waals surface area contributed by atoms with E-state index in [0.29, 0.717) is 17.8 Å². The van der Waals surface area contributed by atoms with Crippen molar-refractivity contribution in [3.63, 3.8) is 0 Å². The molecule has 0 heterocycles. The van der Waals surface area contributed by atoms with Crippen molar-refractivity contribution in [2.24, 2.45) is 0 Å². The maximum absolute atomic E-state index is 11.2. The summed E-state index contributed by atoms with van der Waals surface area (Å²) in [6, 6.07) is -0.164. The zero-order valence-electron chi connectivity index (χ0n) is 11.4. The van der Waals surface area contributed by atoms with Gasteiger partial charge in [-0.15, -0.1) is 0 Å². The standard InChI is InChI=1S/C12H24N4O/c1-8(9(2)13)12(4,15-6)11(7-14-5)16-10(3)17/h11,13-15H,1,7H2,2-6H3,(H,16,17)/t11?,12-/m1/s1. The second kappa shape index (κ2) is 6.51. The molecule has 5 heteroatoms. The van der Waals surface area contributed by atoms with Gasteiger partial charge >= 0.3 is 0 Å². The Kier molecular flexibility index (Phi) is 6.05. The zero-order chi connectivity index (χ0) is 13.6. The number of likely N-dealkylation sites (N-methyl/N-ethyl adjacent to an activating group) is 2. The summed E-state index contributed by atoms with van der Waals surface area (Å²) in [6.45, 7) is 9.66. The van der Waals surface area contributed by atoms with Crippen molar-refractivity contribution in [1.29, 1.82) is 5.41 Å². The highest BCUT2D eigenvalue weighted by molar-refractivity contribution is 5.97. The van der Waals surface area contributed by atoms with E-state index in [1.54, 1.807) is 14.0 Å². The molecular weight excluding hydrogens is 216 g/mol. The maximum Gasteiger partial charge on any atom is 0.217 e. The molecule has 0 saturated carbocycles. The van der Waals surface area contributed by atoms with E-state index in [1.807, 2.05) is 14.0 Å². The topological polar surface area (TPSA) is 77.0 Å². The number of carbonyl (C=O) groups is 1. The lowest BCUT2D eigenvalue weighted by molar-refractivity contribution is -0.120. The number of rotatable bonds is 7. The van der Waals surface area contributed by atoms with Crippen LogP contribution in [0.5, 0.6) is 0 Å². The van der Waals surface area contributed by atoms with Gasteiger partial charge in [0, 0.05) is 19.2 Å². The second-order valence-electron chi connectivity index (χ2n) is 4.37. The Bertz CT molecular complexity index is 314. The Morgan fingerprint density at radius 3 is 2.24 bits per heavy atom. The Morgan fingerprint density at radius 1 is 1.41 bits per heavy atom. The van der Waals surface area contributed by atoms with E-state index in [-0.39, 0.29) is 11.9 Å². The van der Waals surface area contributed by atoms with Gasteiger partial charge in [-0.3, -0.25) is 4.79 Å². The summed E-state index contributed by atoms with van der Waals surface area (Å²) in [5, 5.41) is 16.8. The summed E-state index contributed by atoms with van der Waals surface area (Å²) in [5.74, 6) is -0.0952. The molecule has 0 saturated heterocycles. The highest BCUT2D eigenvalue weighted by atomic mass is 16.1. The maximum atomic E-state index is 11.2. The number of amides is 1. The first-order chi connectivity index (χ1) is 7.79. The second-order valence-corrected chi connectivity index (χ2v) is 4.37. The average molecular weight is 240 g/mol. The highest BCUT2D eigenvalue weighted by Gasteiger charge is 2.36. The molecule has 2 atom stereocenters. The smallest absolute Gasteiger partial charge is 0.217 e. The lowest BCUT2D eigenvalue weighted by atomic mass is 9.82. The predicted molar refractivity (Wildman–Crippen MR) is 71.5 cm³/mol. The molecule has 0 aromatic heterocycles. The molecule has 0 spiro atoms. The molecule has 0 fully saturated rings. The van der Waals surface area contributed by atoms with Crippen molar-refractivity contribution in [3.8, 4) is 0 Å². The molecule has 0 aliphatic rings. The first kappa shape index (κ1) is 15.8. The third-order valence-electron chi connectivity index (χ3n) is 3.08. The summed E-state index contributed by atoms with van der Waals surface area (Å²) >= 11 is 0. The first-order valence-electron chi connectivity index (χ1n) is 5.65. The van der Waals surface area contributed by atoms with Crippen LogP contribution < -0.4 is 16.0 Å². The Balaban J connectivity index is 5.17. The van der Waals surface area contributed by atoms with Gasteiger partial charge in [-0.05, 0) is 33.5 Å². The minimum absolute atomic E-state index is 0.0952. The van der Waals surface area contributed by atoms with Crippen molar-refractivity contribution in [2.45, 2.75) is 32.4 Å². The minimum atomic E-state index is -0.541. The van der Waals surface area contributed by atoms with Crippen LogP contribution in [0, 0.1) is 5.41 Å². The fourth-order valence-corrected chi connectivity index (χ4v) is 1.77. The molecule has 5 nitrogen and oxygen atoms in total. The molecule has 0 aromatic carbocycles. The van der Waals surface area contributed by atoms with Gasteiger partial charge in [-0.1, -0.05) is 6.58 Å². The lowest BCUT2D eigenvalue weighted by Gasteiger charge is -2.39. The van der Waals surface area contributed by atoms with Crippen LogP contribution in [0.1, 0.15) is 20.8 Å². The van der Waals surface area contributed by atoms with Crippen LogP contribution in [0.4, 0.5) is 0 Å². The molecule has 0 bridgehead atoms. The van der Waals surface area contributed by atoms with E-state index >= 15 is 0 Å². The van der Waals surface area contributed by atoms with Crippen molar-refractivity contribution in [1.82, 2.24) is 16.0 Å². The summed E-state index contributed by atoms with van der Waals surface area (Å²) in [4.78, 5) is 11.2. The first-order valence-corrected chi connectivity index (χ1v) is 5.65. The molecule has 1 unspecified atom stereocenters. The summed E-state index contributed by atoms with van der Waals surface area (Å²) in [6.07, 6.45) is 0. The van der Waals surface area contributed by atoms with Crippen molar-refractivity contribution in [3.05, 3.63) is 12.2 Å². The van der Waals surface area contributed by atoms with Gasteiger partial charge in [-0.25, -0.2) is 0 Å². The summed E-state index contributed by atoms with van der Waals surface area (Å²) in [5.41, 5.74) is 0.544. The quantitative estimate of drug-likeness (QED) is 0.483. The molecular formula is C12H24N4O. The molecule has 0 aromatic rings. The van der Waals surface area contributed by atoms with E-state index in [2.05, 4.69) is 22.5 Å². The third kappa shape index (κ3) is 3.94. The van der Waals surface area contributed by atoms with Gasteiger partial charge in [-0.2, -0.15) is 0 Å². The van der Waals surface area contributed by atoms with Gasteiger partial charge in [0.05, 0.1) is 11.6 Å². The van der Waals surface area contributed by atoms with E-state index in [9.17, 15) is 4.79 Å². The van der Waals surface area contributed by atoms with Gasteiger partial charge < -0.3 is 21.4 Å². The SMILES string of the molecule is C=C(C(C)=N)[C@@](C)(NC)C(CNC)NC(C)=O. The van der Waals surface area contributed by atoms with Crippen LogP contribution in [0.25, 0.3) is 0 Å². The molecule has 0 aliphatic heterocycles. The van der Waals surface area contributed by atoms with Gasteiger partial charge in [0.25, 0.3) is 0 Å². The normalized spacial score (nSPS) is 15.8. The molecule has 0 rings (SSSR count). The van der Waals surface area contributed by atoms with Gasteiger partial charge in [0.1, 0.15) is 0 Å². The predicted octanol–water partition coefficient (Wildman–Crippen LogP) is 0.284. The molecule has 17 heavy (non-hydrogen) atoms. The highest BCUT2D eigenvalue weighted by Crippen LogP contribution is 2.20. The van der Waals surface area contributed by atoms with Gasteiger partial charge in [0.2, 0.25) is 5.91 Å². The van der Waals surface area contributed by atoms with E-state index in [4.69, 9.17) is 5.41 Å². The number of hydrogen-bond acceptors (Lipinski definition) is 4. The average Bonchev–Trinajstić information content (AvgIpc) is 2.25. The number of carbonyl (C=O) groups excluding carboxylic acids is 1. The van der Waals surface area contributed by atoms with Crippen LogP contribution >= 0.6 is 0 Å². The fourth-order valence-electron chi connectivity index (χ4n) is 1.77. The molecule has 0 radical (unpaired) electrons. The molecule has 4 N–H and O–H groups in total. The molecule has 1 amide bonds. The van der Waals surface area contributed by atoms with Crippen LogP contribution in [0.15, 0.2) is 12.2 Å². The minimum Gasteiger partial charge on any atom is -0.350 e. The van der Waals surface area contributed by atoms with Crippen LogP contribution in [0.3, 0.4) is 0 Å². The van der Waals surface area contributed by atoms with Crippen molar-refractivity contribution < 1.29 is 4.79 Å². The molecule has 98 valence electrons. The van der Waals surface area contributed by atoms with E-state index < -0.39 is 5.54 Å². The Labute approximate surface area is 104 Å². The lowest BCUT2D eigenvalue weighted by Crippen LogP contribution is -2.62. The van der Waals surface area contributed by atoms with Crippen LogP contribution in [-0.4, -0.2) is 43.8 Å². The van der Waals surface area contributed by atoms with Crippen LogP contribution in [-0.2, 0) is 4.79 Å². The third-order valence-corrected chi connectivity index (χ3v) is 3.08. The van der Waals surface area contributed by atoms with Crippen molar-refractivity contribution in [2.75, 3.05) is 20.6 Å². The van der Waals surface area contributed by atoms with E-state index in [0.717, 1.165) is 0 Å². The van der Waals surface area contributed by atoms with Crippen LogP contribution in [0.2, 0.25) is 0 Å². The molecule has 0 aliphatic carbocycles. The zero-order valence-corrected chi connectivity index (χ0v) is 11.4. The fraction of sp³-hybridized carbons (Fsp3) is 0.667. The largest absolute Gasteiger partial charge is 0.350 e.